The van der Waals surface area contributed by atoms with Crippen molar-refractivity contribution in [2.75, 3.05) is 0 Å². The first-order valence-electron chi connectivity index (χ1n) is 15.8. The van der Waals surface area contributed by atoms with Crippen molar-refractivity contribution in [3.8, 4) is 0 Å². The van der Waals surface area contributed by atoms with Crippen LogP contribution in [0.15, 0.2) is 29.1 Å². The summed E-state index contributed by atoms with van der Waals surface area (Å²) in [5.41, 5.74) is 1.56. The predicted molar refractivity (Wildman–Crippen MR) is 151 cm³/mol. The summed E-state index contributed by atoms with van der Waals surface area (Å²) in [5.74, 6) is 3.67. The van der Waals surface area contributed by atoms with E-state index in [9.17, 15) is 9.59 Å². The van der Waals surface area contributed by atoms with Crippen molar-refractivity contribution in [1.82, 2.24) is 14.5 Å². The van der Waals surface area contributed by atoms with Gasteiger partial charge in [-0.25, -0.2) is 4.98 Å². The number of para-hydroxylation sites is 2. The standard InChI is InChI=1S/C33H45N3O2/c1-21(37)32-33(38)36(31-13-6-5-12-30(31)34-32)29-19-26-10-7-11-27(20-29)35(26)28-17-22-14-23(18-28)16-25(15-22)24-8-3-2-4-9-24/h5-6,12-13,22-29H,2-4,7-11,14-20H2,1H3/t22-,23+,25-,26-,27+,28-,29+. The van der Waals surface area contributed by atoms with Crippen LogP contribution in [0.5, 0.6) is 0 Å². The molecule has 3 saturated carbocycles. The third kappa shape index (κ3) is 4.47. The maximum atomic E-state index is 13.6. The quantitative estimate of drug-likeness (QED) is 0.414. The van der Waals surface area contributed by atoms with Crippen LogP contribution in [0.2, 0.25) is 0 Å². The molecule has 5 aliphatic rings. The Morgan fingerprint density at radius 3 is 2.11 bits per heavy atom. The summed E-state index contributed by atoms with van der Waals surface area (Å²) in [6.07, 6.45) is 20.6. The molecule has 2 aliphatic heterocycles. The second-order valence-corrected chi connectivity index (χ2v) is 13.7. The normalized spacial score (nSPS) is 36.3. The van der Waals surface area contributed by atoms with Crippen molar-refractivity contribution >= 4 is 16.8 Å². The molecule has 5 heteroatoms. The van der Waals surface area contributed by atoms with Crippen LogP contribution in [0.4, 0.5) is 0 Å². The van der Waals surface area contributed by atoms with Gasteiger partial charge in [-0.05, 0) is 93.6 Å². The molecule has 1 aromatic heterocycles. The summed E-state index contributed by atoms with van der Waals surface area (Å²) >= 11 is 0. The fourth-order valence-corrected chi connectivity index (χ4v) is 10.0. The molecular formula is C33H45N3O2. The molecule has 1 aromatic carbocycles. The summed E-state index contributed by atoms with van der Waals surface area (Å²) in [7, 11) is 0. The fraction of sp³-hybridized carbons (Fsp3) is 0.727. The minimum absolute atomic E-state index is 0.101. The number of ketones is 1. The lowest BCUT2D eigenvalue weighted by Gasteiger charge is -2.56. The zero-order valence-corrected chi connectivity index (χ0v) is 23.2. The second-order valence-electron chi connectivity index (χ2n) is 13.7. The van der Waals surface area contributed by atoms with Crippen LogP contribution < -0.4 is 5.56 Å². The van der Waals surface area contributed by atoms with Gasteiger partial charge in [-0.1, -0.05) is 50.7 Å². The first-order chi connectivity index (χ1) is 18.5. The molecule has 204 valence electrons. The van der Waals surface area contributed by atoms with Gasteiger partial charge in [-0.3, -0.25) is 14.5 Å². The number of hydrogen-bond donors (Lipinski definition) is 0. The minimum atomic E-state index is -0.229. The van der Waals surface area contributed by atoms with Crippen LogP contribution in [0, 0.1) is 23.7 Å². The summed E-state index contributed by atoms with van der Waals surface area (Å²) in [6.45, 7) is 1.47. The monoisotopic (exact) mass is 515 g/mol. The SMILES string of the molecule is CC(=O)c1nc2ccccc2n([C@H]2C[C@H]3CCC[C@@H](C2)N3[C@@H]2C[C@@H]3C[C@@H](C[C@H](C4CCCCC4)C3)C2)c1=O. The number of rotatable bonds is 4. The van der Waals surface area contributed by atoms with E-state index in [1.807, 2.05) is 28.8 Å². The number of carbonyl (C=O) groups excluding carboxylic acids is 1. The zero-order chi connectivity index (χ0) is 25.8. The van der Waals surface area contributed by atoms with E-state index in [0.717, 1.165) is 53.6 Å². The number of hydrogen-bond acceptors (Lipinski definition) is 4. The van der Waals surface area contributed by atoms with Gasteiger partial charge < -0.3 is 4.57 Å². The molecular weight excluding hydrogens is 470 g/mol. The van der Waals surface area contributed by atoms with E-state index >= 15 is 0 Å². The Balaban J connectivity index is 1.12. The van der Waals surface area contributed by atoms with Gasteiger partial charge in [0.05, 0.1) is 11.0 Å². The van der Waals surface area contributed by atoms with Crippen molar-refractivity contribution in [2.45, 2.75) is 127 Å². The van der Waals surface area contributed by atoms with Crippen LogP contribution in [0.1, 0.15) is 120 Å². The smallest absolute Gasteiger partial charge is 0.280 e. The molecule has 7 rings (SSSR count). The third-order valence-electron chi connectivity index (χ3n) is 11.4. The molecule has 7 atom stereocenters. The summed E-state index contributed by atoms with van der Waals surface area (Å²) in [5, 5.41) is 0. The Hall–Kier alpha value is -2.01. The van der Waals surface area contributed by atoms with Gasteiger partial charge in [0.1, 0.15) is 0 Å². The molecule has 0 unspecified atom stereocenters. The van der Waals surface area contributed by atoms with Crippen molar-refractivity contribution in [3.05, 3.63) is 40.3 Å². The van der Waals surface area contributed by atoms with E-state index in [4.69, 9.17) is 0 Å². The molecule has 5 nitrogen and oxygen atoms in total. The van der Waals surface area contributed by atoms with Crippen LogP contribution in [0.3, 0.4) is 0 Å². The maximum Gasteiger partial charge on any atom is 0.280 e. The predicted octanol–water partition coefficient (Wildman–Crippen LogP) is 6.93. The van der Waals surface area contributed by atoms with Gasteiger partial charge in [0.25, 0.3) is 5.56 Å². The zero-order valence-electron chi connectivity index (χ0n) is 23.2. The van der Waals surface area contributed by atoms with Gasteiger partial charge in [0, 0.05) is 31.1 Å². The van der Waals surface area contributed by atoms with Gasteiger partial charge in [0.15, 0.2) is 11.5 Å². The molecule has 0 spiro atoms. The highest BCUT2D eigenvalue weighted by molar-refractivity contribution is 5.93. The number of benzene rings is 1. The van der Waals surface area contributed by atoms with E-state index < -0.39 is 0 Å². The lowest BCUT2D eigenvalue weighted by Crippen LogP contribution is -2.59. The van der Waals surface area contributed by atoms with E-state index in [0.29, 0.717) is 12.1 Å². The Morgan fingerprint density at radius 2 is 1.42 bits per heavy atom. The van der Waals surface area contributed by atoms with Crippen LogP contribution >= 0.6 is 0 Å². The Morgan fingerprint density at radius 1 is 0.737 bits per heavy atom. The van der Waals surface area contributed by atoms with E-state index in [-0.39, 0.29) is 23.1 Å². The molecule has 3 aliphatic carbocycles. The molecule has 0 radical (unpaired) electrons. The van der Waals surface area contributed by atoms with E-state index in [1.54, 1.807) is 0 Å². The average Bonchev–Trinajstić information content (AvgIpc) is 2.92. The van der Waals surface area contributed by atoms with Gasteiger partial charge in [-0.2, -0.15) is 0 Å². The number of piperidine rings is 2. The van der Waals surface area contributed by atoms with Crippen molar-refractivity contribution in [1.29, 1.82) is 0 Å². The highest BCUT2D eigenvalue weighted by Crippen LogP contribution is 2.51. The maximum absolute atomic E-state index is 13.6. The molecule has 2 aromatic rings. The average molecular weight is 516 g/mol. The number of fused-ring (bicyclic) bond motifs is 5. The highest BCUT2D eigenvalue weighted by Gasteiger charge is 2.47. The Bertz CT molecular complexity index is 1220. The number of carbonyl (C=O) groups is 1. The van der Waals surface area contributed by atoms with Crippen LogP contribution in [-0.4, -0.2) is 38.4 Å². The van der Waals surface area contributed by atoms with Crippen molar-refractivity contribution in [3.63, 3.8) is 0 Å². The van der Waals surface area contributed by atoms with Gasteiger partial charge in [0.2, 0.25) is 0 Å². The van der Waals surface area contributed by atoms with Gasteiger partial charge in [-0.15, -0.1) is 0 Å². The largest absolute Gasteiger partial charge is 0.302 e. The number of aromatic nitrogens is 2. The first-order valence-corrected chi connectivity index (χ1v) is 15.8. The summed E-state index contributed by atoms with van der Waals surface area (Å²) in [6, 6.07) is 9.90. The van der Waals surface area contributed by atoms with Crippen LogP contribution in [-0.2, 0) is 0 Å². The lowest BCUT2D eigenvalue weighted by atomic mass is 9.61. The summed E-state index contributed by atoms with van der Waals surface area (Å²) in [4.78, 5) is 33.4. The Labute approximate surface area is 227 Å². The fourth-order valence-electron chi connectivity index (χ4n) is 10.0. The van der Waals surface area contributed by atoms with Crippen molar-refractivity contribution < 1.29 is 4.79 Å². The van der Waals surface area contributed by atoms with E-state index in [1.165, 1.54) is 90.4 Å². The third-order valence-corrected chi connectivity index (χ3v) is 11.4. The topological polar surface area (TPSA) is 55.2 Å². The van der Waals surface area contributed by atoms with Gasteiger partial charge >= 0.3 is 0 Å². The van der Waals surface area contributed by atoms with Crippen molar-refractivity contribution in [2.24, 2.45) is 23.7 Å². The number of Topliss-reactive ketones (excluding diaryl/α,β-unsaturated/α-hetero) is 1. The van der Waals surface area contributed by atoms with E-state index in [2.05, 4.69) is 9.88 Å². The molecule has 3 heterocycles. The molecule has 38 heavy (non-hydrogen) atoms. The first kappa shape index (κ1) is 25.0. The molecule has 4 bridgehead atoms. The molecule has 2 saturated heterocycles. The molecule has 5 fully saturated rings. The highest BCUT2D eigenvalue weighted by atomic mass is 16.1. The minimum Gasteiger partial charge on any atom is -0.302 e. The lowest BCUT2D eigenvalue weighted by molar-refractivity contribution is -0.0571. The molecule has 0 N–H and O–H groups in total. The summed E-state index contributed by atoms with van der Waals surface area (Å²) < 4.78 is 1.96. The Kier molecular flexibility index (Phi) is 6.70. The second kappa shape index (κ2) is 10.2. The molecule has 0 amide bonds. The number of nitrogens with zero attached hydrogens (tertiary/aromatic N) is 3. The van der Waals surface area contributed by atoms with Crippen LogP contribution in [0.25, 0.3) is 11.0 Å².